The van der Waals surface area contributed by atoms with Gasteiger partial charge in [0, 0.05) is 15.9 Å². The molecule has 0 N–H and O–H groups in total. The number of amides is 1. The monoisotopic (exact) mass is 441 g/mol. The van der Waals surface area contributed by atoms with E-state index in [1.807, 2.05) is 43.5 Å². The molecule has 1 fully saturated rings. The van der Waals surface area contributed by atoms with Gasteiger partial charge >= 0.3 is 0 Å². The Kier molecular flexibility index (Phi) is 6.37. The second-order valence-corrected chi connectivity index (χ2v) is 10.9. The minimum atomic E-state index is -3.10. The predicted octanol–water partition coefficient (Wildman–Crippen LogP) is 4.00. The number of rotatable bonds is 6. The van der Waals surface area contributed by atoms with Crippen LogP contribution in [0.5, 0.6) is 5.75 Å². The van der Waals surface area contributed by atoms with Crippen LogP contribution in [0.2, 0.25) is 5.02 Å². The van der Waals surface area contributed by atoms with Crippen molar-refractivity contribution < 1.29 is 17.9 Å². The van der Waals surface area contributed by atoms with E-state index in [4.69, 9.17) is 16.3 Å². The third-order valence-corrected chi connectivity index (χ3v) is 8.12. The first kappa shape index (κ1) is 21.1. The van der Waals surface area contributed by atoms with Crippen molar-refractivity contribution in [1.29, 1.82) is 0 Å². The van der Waals surface area contributed by atoms with Crippen molar-refractivity contribution in [1.82, 2.24) is 4.90 Å². The highest BCUT2D eigenvalue weighted by Gasteiger charge is 2.36. The van der Waals surface area contributed by atoms with Gasteiger partial charge in [0.15, 0.2) is 15.9 Å². The standard InChI is InChI=1S/C20H24ClNO4S2/c1-13-9-17(10-14(2)19(13)21)26-15(3)20(23)22(11-18-5-4-7-27-18)16-6-8-28(24,25)12-16/h4-5,7,9-10,15-16H,6,8,11-12H2,1-3H3. The molecule has 0 bridgehead atoms. The number of hydrogen-bond donors (Lipinski definition) is 0. The van der Waals surface area contributed by atoms with Gasteiger partial charge in [-0.15, -0.1) is 11.3 Å². The average molecular weight is 442 g/mol. The molecule has 1 aromatic carbocycles. The number of aryl methyl sites for hydroxylation is 2. The summed E-state index contributed by atoms with van der Waals surface area (Å²) in [5.41, 5.74) is 1.77. The van der Waals surface area contributed by atoms with Crippen molar-refractivity contribution in [3.8, 4) is 5.75 Å². The van der Waals surface area contributed by atoms with E-state index >= 15 is 0 Å². The molecule has 1 aliphatic heterocycles. The first-order valence-corrected chi connectivity index (χ1v) is 12.2. The average Bonchev–Trinajstić information content (AvgIpc) is 3.26. The predicted molar refractivity (Wildman–Crippen MR) is 113 cm³/mol. The Morgan fingerprint density at radius 1 is 1.36 bits per heavy atom. The second-order valence-electron chi connectivity index (χ2n) is 7.23. The lowest BCUT2D eigenvalue weighted by Gasteiger charge is -2.30. The number of thiophene rings is 1. The smallest absolute Gasteiger partial charge is 0.263 e. The summed E-state index contributed by atoms with van der Waals surface area (Å²) in [4.78, 5) is 15.9. The molecule has 0 spiro atoms. The van der Waals surface area contributed by atoms with E-state index in [0.717, 1.165) is 16.0 Å². The van der Waals surface area contributed by atoms with E-state index in [-0.39, 0.29) is 23.5 Å². The van der Waals surface area contributed by atoms with Crippen LogP contribution in [0, 0.1) is 13.8 Å². The SMILES string of the molecule is Cc1cc(OC(C)C(=O)N(Cc2cccs2)C2CCS(=O)(=O)C2)cc(C)c1Cl. The van der Waals surface area contributed by atoms with Crippen molar-refractivity contribution >= 4 is 38.7 Å². The summed E-state index contributed by atoms with van der Waals surface area (Å²) >= 11 is 7.75. The third kappa shape index (κ3) is 4.88. The van der Waals surface area contributed by atoms with Crippen LogP contribution in [0.15, 0.2) is 29.6 Å². The zero-order valence-electron chi connectivity index (χ0n) is 16.1. The molecular formula is C20H24ClNO4S2. The Morgan fingerprint density at radius 3 is 2.57 bits per heavy atom. The summed E-state index contributed by atoms with van der Waals surface area (Å²) in [6.45, 7) is 5.87. The molecular weight excluding hydrogens is 418 g/mol. The van der Waals surface area contributed by atoms with Gasteiger partial charge in [-0.05, 0) is 61.9 Å². The topological polar surface area (TPSA) is 63.7 Å². The Labute approximate surface area is 175 Å². The minimum absolute atomic E-state index is 0.00992. The highest BCUT2D eigenvalue weighted by Crippen LogP contribution is 2.28. The molecule has 1 saturated heterocycles. The lowest BCUT2D eigenvalue weighted by molar-refractivity contribution is -0.140. The lowest BCUT2D eigenvalue weighted by Crippen LogP contribution is -2.46. The molecule has 1 amide bonds. The highest BCUT2D eigenvalue weighted by atomic mass is 35.5. The zero-order valence-corrected chi connectivity index (χ0v) is 18.5. The molecule has 8 heteroatoms. The number of ether oxygens (including phenoxy) is 1. The van der Waals surface area contributed by atoms with Gasteiger partial charge < -0.3 is 9.64 Å². The van der Waals surface area contributed by atoms with Gasteiger partial charge in [-0.2, -0.15) is 0 Å². The first-order chi connectivity index (χ1) is 13.2. The van der Waals surface area contributed by atoms with Crippen LogP contribution in [0.4, 0.5) is 0 Å². The lowest BCUT2D eigenvalue weighted by atomic mass is 10.1. The second kappa shape index (κ2) is 8.43. The van der Waals surface area contributed by atoms with E-state index in [1.165, 1.54) is 0 Å². The molecule has 0 radical (unpaired) electrons. The van der Waals surface area contributed by atoms with Gasteiger partial charge in [0.1, 0.15) is 5.75 Å². The minimum Gasteiger partial charge on any atom is -0.481 e. The quantitative estimate of drug-likeness (QED) is 0.679. The van der Waals surface area contributed by atoms with E-state index in [0.29, 0.717) is 23.7 Å². The number of carbonyl (C=O) groups is 1. The van der Waals surface area contributed by atoms with Crippen molar-refractivity contribution in [2.24, 2.45) is 0 Å². The van der Waals surface area contributed by atoms with Gasteiger partial charge in [-0.25, -0.2) is 8.42 Å². The van der Waals surface area contributed by atoms with E-state index in [1.54, 1.807) is 23.2 Å². The molecule has 2 heterocycles. The van der Waals surface area contributed by atoms with E-state index in [2.05, 4.69) is 0 Å². The normalized spacial score (nSPS) is 19.4. The number of benzene rings is 1. The van der Waals surface area contributed by atoms with E-state index < -0.39 is 15.9 Å². The molecule has 3 rings (SSSR count). The molecule has 28 heavy (non-hydrogen) atoms. The Balaban J connectivity index is 1.79. The highest BCUT2D eigenvalue weighted by molar-refractivity contribution is 7.91. The van der Waals surface area contributed by atoms with Crippen molar-refractivity contribution in [2.75, 3.05) is 11.5 Å². The number of halogens is 1. The number of hydrogen-bond acceptors (Lipinski definition) is 5. The molecule has 5 nitrogen and oxygen atoms in total. The fourth-order valence-electron chi connectivity index (χ4n) is 3.44. The molecule has 1 aliphatic rings. The van der Waals surface area contributed by atoms with Gasteiger partial charge in [0.25, 0.3) is 5.91 Å². The number of nitrogens with zero attached hydrogens (tertiary/aromatic N) is 1. The van der Waals surface area contributed by atoms with Crippen LogP contribution in [-0.4, -0.2) is 42.9 Å². The Hall–Kier alpha value is -1.57. The summed E-state index contributed by atoms with van der Waals surface area (Å²) in [6, 6.07) is 7.17. The molecule has 1 aromatic heterocycles. The van der Waals surface area contributed by atoms with Gasteiger partial charge in [0.2, 0.25) is 0 Å². The summed E-state index contributed by atoms with van der Waals surface area (Å²) < 4.78 is 29.8. The van der Waals surface area contributed by atoms with Crippen LogP contribution in [-0.2, 0) is 21.2 Å². The van der Waals surface area contributed by atoms with Crippen LogP contribution in [0.3, 0.4) is 0 Å². The molecule has 2 unspecified atom stereocenters. The fraction of sp³-hybridized carbons (Fsp3) is 0.450. The number of sulfone groups is 1. The van der Waals surface area contributed by atoms with Crippen molar-refractivity contribution in [3.05, 3.63) is 50.7 Å². The fourth-order valence-corrected chi connectivity index (χ4v) is 5.98. The zero-order chi connectivity index (χ0) is 20.5. The van der Waals surface area contributed by atoms with Gasteiger partial charge in [0.05, 0.1) is 18.1 Å². The van der Waals surface area contributed by atoms with Gasteiger partial charge in [-0.3, -0.25) is 4.79 Å². The summed E-state index contributed by atoms with van der Waals surface area (Å²) in [5.74, 6) is 0.503. The maximum atomic E-state index is 13.2. The Bertz CT molecular complexity index is 934. The maximum absolute atomic E-state index is 13.2. The van der Waals surface area contributed by atoms with Crippen molar-refractivity contribution in [2.45, 2.75) is 45.9 Å². The third-order valence-electron chi connectivity index (χ3n) is 4.91. The van der Waals surface area contributed by atoms with Crippen LogP contribution >= 0.6 is 22.9 Å². The molecule has 0 saturated carbocycles. The maximum Gasteiger partial charge on any atom is 0.263 e. The van der Waals surface area contributed by atoms with Crippen LogP contribution in [0.25, 0.3) is 0 Å². The van der Waals surface area contributed by atoms with Crippen molar-refractivity contribution in [3.63, 3.8) is 0 Å². The molecule has 2 aromatic rings. The largest absolute Gasteiger partial charge is 0.481 e. The summed E-state index contributed by atoms with van der Waals surface area (Å²) in [6.07, 6.45) is -0.269. The molecule has 2 atom stereocenters. The van der Waals surface area contributed by atoms with Crippen LogP contribution in [0.1, 0.15) is 29.3 Å². The number of carbonyl (C=O) groups excluding carboxylic acids is 1. The van der Waals surface area contributed by atoms with Crippen LogP contribution < -0.4 is 4.74 Å². The van der Waals surface area contributed by atoms with E-state index in [9.17, 15) is 13.2 Å². The molecule has 0 aliphatic carbocycles. The Morgan fingerprint density at radius 2 is 2.04 bits per heavy atom. The molecule has 152 valence electrons. The first-order valence-electron chi connectivity index (χ1n) is 9.13. The summed E-state index contributed by atoms with van der Waals surface area (Å²) in [7, 11) is -3.10. The van der Waals surface area contributed by atoms with Gasteiger partial charge in [-0.1, -0.05) is 17.7 Å². The summed E-state index contributed by atoms with van der Waals surface area (Å²) in [5, 5.41) is 2.63.